The van der Waals surface area contributed by atoms with Gasteiger partial charge in [-0.3, -0.25) is 0 Å². The molecule has 100 valence electrons. The summed E-state index contributed by atoms with van der Waals surface area (Å²) in [4.78, 5) is 0. The molecule has 2 nitrogen and oxygen atoms in total. The van der Waals surface area contributed by atoms with E-state index in [1.807, 2.05) is 49.5 Å². The fourth-order valence-electron chi connectivity index (χ4n) is 2.09. The van der Waals surface area contributed by atoms with Crippen LogP contribution in [0.25, 0.3) is 0 Å². The molecule has 0 aliphatic carbocycles. The van der Waals surface area contributed by atoms with Crippen LogP contribution in [-0.4, -0.2) is 7.05 Å². The fraction of sp³-hybridized carbons (Fsp3) is 0.250. The second-order valence-corrected chi connectivity index (χ2v) is 5.17. The lowest BCUT2D eigenvalue weighted by atomic mass is 10.0. The van der Waals surface area contributed by atoms with Gasteiger partial charge < -0.3 is 10.1 Å². The molecule has 0 amide bonds. The first-order valence-corrected chi connectivity index (χ1v) is 7.24. The molecule has 0 spiro atoms. The van der Waals surface area contributed by atoms with Crippen molar-refractivity contribution < 1.29 is 4.74 Å². The molecule has 0 heterocycles. The maximum Gasteiger partial charge on any atom is 0.141 e. The number of ether oxygens (including phenoxy) is 1. The van der Waals surface area contributed by atoms with E-state index in [4.69, 9.17) is 4.74 Å². The van der Waals surface area contributed by atoms with Gasteiger partial charge in [-0.1, -0.05) is 37.3 Å². The van der Waals surface area contributed by atoms with Crippen LogP contribution in [0, 0.1) is 0 Å². The normalized spacial score (nSPS) is 12.2. The third-order valence-corrected chi connectivity index (χ3v) is 3.76. The van der Waals surface area contributed by atoms with Gasteiger partial charge in [-0.15, -0.1) is 0 Å². The van der Waals surface area contributed by atoms with E-state index >= 15 is 0 Å². The number of hydrogen-bond donors (Lipinski definition) is 1. The molecule has 0 aromatic heterocycles. The summed E-state index contributed by atoms with van der Waals surface area (Å²) in [6, 6.07) is 16.3. The van der Waals surface area contributed by atoms with Gasteiger partial charge >= 0.3 is 0 Å². The standard InChI is InChI=1S/C16H18BrNO/c1-3-14(18-2)12-8-4-6-10-15(12)19-16-11-7-5-9-13(16)17/h4-11,14,18H,3H2,1-2H3. The van der Waals surface area contributed by atoms with E-state index in [-0.39, 0.29) is 0 Å². The van der Waals surface area contributed by atoms with Crippen LogP contribution in [0.3, 0.4) is 0 Å². The number of halogens is 1. The summed E-state index contributed by atoms with van der Waals surface area (Å²) < 4.78 is 7.00. The zero-order valence-electron chi connectivity index (χ0n) is 11.2. The first-order chi connectivity index (χ1) is 9.26. The topological polar surface area (TPSA) is 21.3 Å². The zero-order valence-corrected chi connectivity index (χ0v) is 12.8. The van der Waals surface area contributed by atoms with E-state index < -0.39 is 0 Å². The third kappa shape index (κ3) is 3.37. The Labute approximate surface area is 122 Å². The van der Waals surface area contributed by atoms with E-state index in [0.29, 0.717) is 6.04 Å². The van der Waals surface area contributed by atoms with E-state index in [1.165, 1.54) is 5.56 Å². The molecule has 1 unspecified atom stereocenters. The monoisotopic (exact) mass is 319 g/mol. The van der Waals surface area contributed by atoms with Crippen molar-refractivity contribution in [1.82, 2.24) is 5.32 Å². The van der Waals surface area contributed by atoms with Gasteiger partial charge in [-0.25, -0.2) is 0 Å². The highest BCUT2D eigenvalue weighted by molar-refractivity contribution is 9.10. The number of nitrogens with one attached hydrogen (secondary N) is 1. The number of hydrogen-bond acceptors (Lipinski definition) is 2. The van der Waals surface area contributed by atoms with Gasteiger partial charge in [-0.05, 0) is 47.6 Å². The van der Waals surface area contributed by atoms with Crippen molar-refractivity contribution in [3.63, 3.8) is 0 Å². The van der Waals surface area contributed by atoms with Crippen molar-refractivity contribution in [3.05, 3.63) is 58.6 Å². The van der Waals surface area contributed by atoms with Gasteiger partial charge in [0.15, 0.2) is 0 Å². The number of rotatable bonds is 5. The quantitative estimate of drug-likeness (QED) is 0.845. The van der Waals surface area contributed by atoms with Gasteiger partial charge in [0.25, 0.3) is 0 Å². The summed E-state index contributed by atoms with van der Waals surface area (Å²) >= 11 is 3.51. The smallest absolute Gasteiger partial charge is 0.141 e. The minimum Gasteiger partial charge on any atom is -0.456 e. The lowest BCUT2D eigenvalue weighted by Crippen LogP contribution is -2.15. The number of para-hydroxylation sites is 2. The first kappa shape index (κ1) is 14.1. The Morgan fingerprint density at radius 1 is 1.05 bits per heavy atom. The summed E-state index contributed by atoms with van der Waals surface area (Å²) in [5.74, 6) is 1.73. The van der Waals surface area contributed by atoms with Crippen molar-refractivity contribution in [2.45, 2.75) is 19.4 Å². The van der Waals surface area contributed by atoms with E-state index in [0.717, 1.165) is 22.4 Å². The van der Waals surface area contributed by atoms with Crippen molar-refractivity contribution in [1.29, 1.82) is 0 Å². The highest BCUT2D eigenvalue weighted by Crippen LogP contribution is 2.34. The molecule has 0 aliphatic heterocycles. The summed E-state index contributed by atoms with van der Waals surface area (Å²) in [5, 5.41) is 3.32. The molecular weight excluding hydrogens is 302 g/mol. The predicted molar refractivity (Wildman–Crippen MR) is 82.7 cm³/mol. The second-order valence-electron chi connectivity index (χ2n) is 4.32. The van der Waals surface area contributed by atoms with Crippen LogP contribution in [0.4, 0.5) is 0 Å². The molecule has 1 N–H and O–H groups in total. The Kier molecular flexibility index (Phi) is 5.00. The van der Waals surface area contributed by atoms with Crippen LogP contribution >= 0.6 is 15.9 Å². The zero-order chi connectivity index (χ0) is 13.7. The van der Waals surface area contributed by atoms with Crippen LogP contribution in [0.15, 0.2) is 53.0 Å². The van der Waals surface area contributed by atoms with Crippen molar-refractivity contribution >= 4 is 15.9 Å². The molecule has 0 radical (unpaired) electrons. The van der Waals surface area contributed by atoms with Crippen molar-refractivity contribution in [2.24, 2.45) is 0 Å². The van der Waals surface area contributed by atoms with Crippen LogP contribution in [0.2, 0.25) is 0 Å². The summed E-state index contributed by atoms with van der Waals surface area (Å²) in [6.45, 7) is 2.16. The van der Waals surface area contributed by atoms with Crippen molar-refractivity contribution in [3.8, 4) is 11.5 Å². The van der Waals surface area contributed by atoms with Crippen LogP contribution in [0.1, 0.15) is 24.9 Å². The Morgan fingerprint density at radius 2 is 1.68 bits per heavy atom. The van der Waals surface area contributed by atoms with Crippen LogP contribution < -0.4 is 10.1 Å². The maximum atomic E-state index is 6.04. The molecule has 0 fully saturated rings. The maximum absolute atomic E-state index is 6.04. The van der Waals surface area contributed by atoms with Crippen LogP contribution in [-0.2, 0) is 0 Å². The molecule has 2 aromatic rings. The van der Waals surface area contributed by atoms with Gasteiger partial charge in [-0.2, -0.15) is 0 Å². The molecular formula is C16H18BrNO. The van der Waals surface area contributed by atoms with E-state index in [2.05, 4.69) is 34.2 Å². The second kappa shape index (κ2) is 6.73. The van der Waals surface area contributed by atoms with Gasteiger partial charge in [0.2, 0.25) is 0 Å². The highest BCUT2D eigenvalue weighted by atomic mass is 79.9. The Bertz CT molecular complexity index is 538. The lowest BCUT2D eigenvalue weighted by Gasteiger charge is -2.19. The Morgan fingerprint density at radius 3 is 2.32 bits per heavy atom. The summed E-state index contributed by atoms with van der Waals surface area (Å²) in [7, 11) is 1.98. The largest absolute Gasteiger partial charge is 0.456 e. The summed E-state index contributed by atoms with van der Waals surface area (Å²) in [5.41, 5.74) is 1.18. The molecule has 0 saturated heterocycles. The molecule has 2 aromatic carbocycles. The fourth-order valence-corrected chi connectivity index (χ4v) is 2.45. The van der Waals surface area contributed by atoms with Crippen LogP contribution in [0.5, 0.6) is 11.5 Å². The molecule has 1 atom stereocenters. The van der Waals surface area contributed by atoms with E-state index in [9.17, 15) is 0 Å². The van der Waals surface area contributed by atoms with Gasteiger partial charge in [0.1, 0.15) is 11.5 Å². The molecule has 0 saturated carbocycles. The predicted octanol–water partition coefficient (Wildman–Crippen LogP) is 4.91. The molecule has 2 rings (SSSR count). The molecule has 0 aliphatic rings. The minimum absolute atomic E-state index is 0.304. The average Bonchev–Trinajstić information content (AvgIpc) is 2.44. The summed E-state index contributed by atoms with van der Waals surface area (Å²) in [6.07, 6.45) is 1.02. The molecule has 19 heavy (non-hydrogen) atoms. The SMILES string of the molecule is CCC(NC)c1ccccc1Oc1ccccc1Br. The highest BCUT2D eigenvalue weighted by Gasteiger charge is 2.13. The molecule has 0 bridgehead atoms. The Balaban J connectivity index is 2.33. The van der Waals surface area contributed by atoms with Crippen molar-refractivity contribution in [2.75, 3.05) is 7.05 Å². The van der Waals surface area contributed by atoms with Gasteiger partial charge in [0.05, 0.1) is 4.47 Å². The number of benzene rings is 2. The lowest BCUT2D eigenvalue weighted by molar-refractivity contribution is 0.456. The third-order valence-electron chi connectivity index (χ3n) is 3.11. The average molecular weight is 320 g/mol. The minimum atomic E-state index is 0.304. The van der Waals surface area contributed by atoms with E-state index in [1.54, 1.807) is 0 Å². The molecule has 3 heteroatoms. The van der Waals surface area contributed by atoms with Gasteiger partial charge in [0, 0.05) is 11.6 Å². The Hall–Kier alpha value is -1.32. The first-order valence-electron chi connectivity index (χ1n) is 6.44.